The number of nitrogens with two attached hydrogens (primary N) is 1. The van der Waals surface area contributed by atoms with Crippen LogP contribution in [-0.2, 0) is 18.5 Å². The molecule has 0 amide bonds. The molecule has 4 nitrogen and oxygen atoms in total. The third-order valence-corrected chi connectivity index (χ3v) is 0. The minimum atomic E-state index is -1.83. The van der Waals surface area contributed by atoms with Gasteiger partial charge in [-0.05, 0) is 0 Å². The van der Waals surface area contributed by atoms with Crippen molar-refractivity contribution < 1.29 is 33.5 Å². The van der Waals surface area contributed by atoms with E-state index in [-0.39, 0.29) is 0 Å². The van der Waals surface area contributed by atoms with Gasteiger partial charge < -0.3 is 10.2 Å². The van der Waals surface area contributed by atoms with E-state index in [1.54, 1.807) is 0 Å². The van der Waals surface area contributed by atoms with Gasteiger partial charge in [0.05, 0.1) is 0 Å². The Kier molecular flexibility index (Phi) is 13.7. The Balaban J connectivity index is 0. The summed E-state index contributed by atoms with van der Waals surface area (Å²) in [4.78, 5) is 8.56. The summed E-state index contributed by atoms with van der Waals surface area (Å²) in [6.45, 7) is 0. The zero-order chi connectivity index (χ0) is 5.58. The van der Waals surface area contributed by atoms with Gasteiger partial charge in [0.25, 0.3) is 0 Å². The van der Waals surface area contributed by atoms with Crippen LogP contribution in [0.3, 0.4) is 0 Å². The Labute approximate surface area is 44.9 Å². The van der Waals surface area contributed by atoms with Crippen LogP contribution in [0.25, 0.3) is 0 Å². The van der Waals surface area contributed by atoms with E-state index in [4.69, 9.17) is 15.0 Å². The van der Waals surface area contributed by atoms with Crippen molar-refractivity contribution in [2.45, 2.75) is 0 Å². The van der Waals surface area contributed by atoms with Crippen molar-refractivity contribution in [3.63, 3.8) is 0 Å². The molecule has 5 heteroatoms. The Hall–Kier alpha value is -0.147. The first kappa shape index (κ1) is 9.29. The maximum absolute atomic E-state index is 8.56. The van der Waals surface area contributed by atoms with Gasteiger partial charge in [-0.3, -0.25) is 0 Å². The van der Waals surface area contributed by atoms with Crippen LogP contribution in [0.4, 0.5) is 4.79 Å². The first-order chi connectivity index (χ1) is 2.73. The van der Waals surface area contributed by atoms with Crippen LogP contribution in [0.15, 0.2) is 0 Å². The first-order valence-electron chi connectivity index (χ1n) is 1.06. The molecule has 0 aliphatic carbocycles. The van der Waals surface area contributed by atoms with Crippen LogP contribution in [0.5, 0.6) is 0 Å². The molecule has 0 heterocycles. The summed E-state index contributed by atoms with van der Waals surface area (Å²) in [5.74, 6) is 0. The fourth-order valence-electron chi connectivity index (χ4n) is 0. The second kappa shape index (κ2) is 8.85. The SMILES string of the molecule is O=C(O)O.[NH2][Zn]. The molecule has 4 N–H and O–H groups in total. The van der Waals surface area contributed by atoms with Gasteiger partial charge in [0.2, 0.25) is 0 Å². The summed E-state index contributed by atoms with van der Waals surface area (Å²) in [7, 11) is 0. The summed E-state index contributed by atoms with van der Waals surface area (Å²) < 4.78 is 4.62. The zero-order valence-corrected chi connectivity index (χ0v) is 6.05. The summed E-state index contributed by atoms with van der Waals surface area (Å²) in [5.41, 5.74) is 0. The van der Waals surface area contributed by atoms with Crippen LogP contribution >= 0.6 is 0 Å². The molecule has 0 radical (unpaired) electrons. The van der Waals surface area contributed by atoms with Gasteiger partial charge in [0.1, 0.15) is 0 Å². The van der Waals surface area contributed by atoms with Gasteiger partial charge in [-0.1, -0.05) is 0 Å². The van der Waals surface area contributed by atoms with Gasteiger partial charge in [0, 0.05) is 0 Å². The topological polar surface area (TPSA) is 83.5 Å². The fraction of sp³-hybridized carbons (Fsp3) is 0. The first-order valence-corrected chi connectivity index (χ1v) is 2.77. The summed E-state index contributed by atoms with van der Waals surface area (Å²) in [6.07, 6.45) is -1.83. The Morgan fingerprint density at radius 3 is 1.50 bits per heavy atom. The third-order valence-electron chi connectivity index (χ3n) is 0. The van der Waals surface area contributed by atoms with Crippen LogP contribution in [-0.4, -0.2) is 16.4 Å². The minimum absolute atomic E-state index is 0.875. The molecule has 0 unspecified atom stereocenters. The number of hydrogen-bond donors (Lipinski definition) is 3. The van der Waals surface area contributed by atoms with Crippen LogP contribution in [0.2, 0.25) is 0 Å². The number of hydrogen-bond acceptors (Lipinski definition) is 2. The van der Waals surface area contributed by atoms with Crippen LogP contribution < -0.4 is 4.48 Å². The summed E-state index contributed by atoms with van der Waals surface area (Å²) >= 11 is 0.875. The molecule has 0 aromatic rings. The van der Waals surface area contributed by atoms with Crippen LogP contribution in [0, 0.1) is 0 Å². The Morgan fingerprint density at radius 2 is 1.50 bits per heavy atom. The molecule has 0 fully saturated rings. The normalized spacial score (nSPS) is 5.17. The van der Waals surface area contributed by atoms with E-state index < -0.39 is 6.16 Å². The average molecular weight is 143 g/mol. The van der Waals surface area contributed by atoms with Gasteiger partial charge in [-0.15, -0.1) is 0 Å². The standard InChI is InChI=1S/CH2O3.H2N.Zn/c2-1(3)4;;/h(H2,2,3,4);1H2;/q;-1;+1. The molecule has 0 aromatic carbocycles. The van der Waals surface area contributed by atoms with E-state index in [1.165, 1.54) is 0 Å². The van der Waals surface area contributed by atoms with Crippen molar-refractivity contribution >= 4 is 6.16 Å². The molecular weight excluding hydrogens is 139 g/mol. The van der Waals surface area contributed by atoms with Gasteiger partial charge >= 0.3 is 29.2 Å². The molecule has 0 aliphatic rings. The van der Waals surface area contributed by atoms with Crippen molar-refractivity contribution in [1.82, 2.24) is 0 Å². The van der Waals surface area contributed by atoms with Crippen molar-refractivity contribution in [3.05, 3.63) is 0 Å². The van der Waals surface area contributed by atoms with Crippen LogP contribution in [0.1, 0.15) is 0 Å². The van der Waals surface area contributed by atoms with Crippen molar-refractivity contribution in [1.29, 1.82) is 0 Å². The monoisotopic (exact) mass is 142 g/mol. The molecule has 0 rings (SSSR count). The molecule has 0 aliphatic heterocycles. The van der Waals surface area contributed by atoms with Gasteiger partial charge in [-0.2, -0.15) is 0 Å². The second-order valence-corrected chi connectivity index (χ2v) is 0.283. The van der Waals surface area contributed by atoms with E-state index >= 15 is 0 Å². The number of carbonyl (C=O) groups is 1. The van der Waals surface area contributed by atoms with E-state index in [0.29, 0.717) is 0 Å². The maximum atomic E-state index is 8.56. The average Bonchev–Trinajstić information content (AvgIpc) is 1.41. The second-order valence-electron chi connectivity index (χ2n) is 0.283. The van der Waals surface area contributed by atoms with E-state index in [9.17, 15) is 0 Å². The number of rotatable bonds is 0. The number of carboxylic acid groups (broad SMARTS) is 2. The zero-order valence-electron chi connectivity index (χ0n) is 3.09. The molecule has 0 atom stereocenters. The van der Waals surface area contributed by atoms with Gasteiger partial charge in [-0.25, -0.2) is 4.79 Å². The molecule has 0 spiro atoms. The summed E-state index contributed by atoms with van der Waals surface area (Å²) in [5, 5.41) is 13.9. The van der Waals surface area contributed by atoms with Crippen molar-refractivity contribution in [2.24, 2.45) is 4.48 Å². The molecule has 0 saturated carbocycles. The fourth-order valence-corrected chi connectivity index (χ4v) is 0. The molecule has 0 saturated heterocycles. The Bertz CT molecular complexity index is 33.8. The van der Waals surface area contributed by atoms with Crippen molar-refractivity contribution in [3.8, 4) is 0 Å². The predicted octanol–water partition coefficient (Wildman–Crippen LogP) is -0.371. The molecule has 33 valence electrons. The predicted molar refractivity (Wildman–Crippen MR) is 14.8 cm³/mol. The van der Waals surface area contributed by atoms with E-state index in [1.807, 2.05) is 0 Å². The molecule has 0 bridgehead atoms. The molecular formula is CH4NO3Zn. The van der Waals surface area contributed by atoms with Gasteiger partial charge in [0.15, 0.2) is 0 Å². The van der Waals surface area contributed by atoms with E-state index in [0.717, 1.165) is 18.5 Å². The quantitative estimate of drug-likeness (QED) is 0.404. The molecule has 6 heavy (non-hydrogen) atoms. The molecule has 0 aromatic heterocycles. The summed E-state index contributed by atoms with van der Waals surface area (Å²) in [6, 6.07) is 0. The van der Waals surface area contributed by atoms with E-state index in [2.05, 4.69) is 4.48 Å². The third kappa shape index (κ3) is 1460. The van der Waals surface area contributed by atoms with Crippen molar-refractivity contribution in [2.75, 3.05) is 0 Å². The Morgan fingerprint density at radius 1 is 1.50 bits per heavy atom.